The molecule has 0 bridgehead atoms. The average Bonchev–Trinajstić information content (AvgIpc) is 2.79. The number of carboxylic acid groups (broad SMARTS) is 1. The van der Waals surface area contributed by atoms with Gasteiger partial charge in [-0.05, 0) is 23.8 Å². The molecule has 1 aliphatic rings. The smallest absolute Gasteiger partial charge is 0.335 e. The lowest BCUT2D eigenvalue weighted by atomic mass is 10.1. The Hall–Kier alpha value is -3.04. The summed E-state index contributed by atoms with van der Waals surface area (Å²) in [7, 11) is -4.26. The zero-order valence-electron chi connectivity index (χ0n) is 12.6. The van der Waals surface area contributed by atoms with Crippen molar-refractivity contribution in [2.24, 2.45) is 0 Å². The number of rotatable bonds is 5. The van der Waals surface area contributed by atoms with Crippen molar-refractivity contribution in [3.05, 3.63) is 70.8 Å². The topological polar surface area (TPSA) is 118 Å². The molecule has 0 spiro atoms. The van der Waals surface area contributed by atoms with Gasteiger partial charge in [-0.3, -0.25) is 9.59 Å². The second kappa shape index (κ2) is 6.11. The summed E-state index contributed by atoms with van der Waals surface area (Å²) in [6.07, 6.45) is 0. The molecule has 0 aliphatic carbocycles. The van der Waals surface area contributed by atoms with Crippen molar-refractivity contribution in [3.63, 3.8) is 0 Å². The van der Waals surface area contributed by atoms with Crippen LogP contribution < -0.4 is 0 Å². The minimum absolute atomic E-state index is 0.120. The van der Waals surface area contributed by atoms with Gasteiger partial charge in [0, 0.05) is 0 Å². The fraction of sp³-hybridized carbons (Fsp3) is 0.0625. The average molecular weight is 361 g/mol. The summed E-state index contributed by atoms with van der Waals surface area (Å²) in [5, 5.41) is 9.08. The number of carbonyl (C=O) groups is 3. The molecule has 0 fully saturated rings. The van der Waals surface area contributed by atoms with Gasteiger partial charge in [-0.25, -0.2) is 4.79 Å². The Bertz CT molecular complexity index is 983. The Kier molecular flexibility index (Phi) is 4.11. The molecule has 0 atom stereocenters. The number of imide groups is 1. The number of benzene rings is 2. The molecule has 0 saturated heterocycles. The Morgan fingerprint density at radius 2 is 1.64 bits per heavy atom. The van der Waals surface area contributed by atoms with Gasteiger partial charge < -0.3 is 5.11 Å². The molecule has 128 valence electrons. The number of hydrogen-bond acceptors (Lipinski definition) is 6. The summed E-state index contributed by atoms with van der Waals surface area (Å²) in [6.45, 7) is 0. The normalized spacial score (nSPS) is 13.8. The molecule has 0 radical (unpaired) electrons. The van der Waals surface area contributed by atoms with Crippen LogP contribution in [0.3, 0.4) is 0 Å². The second-order valence-corrected chi connectivity index (χ2v) is 6.79. The van der Waals surface area contributed by atoms with Gasteiger partial charge in [-0.2, -0.15) is 8.42 Å². The highest BCUT2D eigenvalue weighted by Crippen LogP contribution is 2.26. The van der Waals surface area contributed by atoms with Gasteiger partial charge in [0.25, 0.3) is 21.9 Å². The minimum Gasteiger partial charge on any atom is -0.478 e. The fourth-order valence-electron chi connectivity index (χ4n) is 2.34. The highest BCUT2D eigenvalue weighted by molar-refractivity contribution is 7.85. The van der Waals surface area contributed by atoms with Crippen LogP contribution >= 0.6 is 0 Å². The first-order chi connectivity index (χ1) is 11.8. The number of carbonyl (C=O) groups excluding carboxylic acids is 2. The van der Waals surface area contributed by atoms with Crippen LogP contribution in [0.25, 0.3) is 0 Å². The zero-order chi connectivity index (χ0) is 18.2. The van der Waals surface area contributed by atoms with Crippen LogP contribution in [0, 0.1) is 0 Å². The zero-order valence-corrected chi connectivity index (χ0v) is 13.4. The van der Waals surface area contributed by atoms with Crippen LogP contribution in [0.15, 0.2) is 48.5 Å². The van der Waals surface area contributed by atoms with Crippen LogP contribution in [-0.2, 0) is 20.2 Å². The third-order valence-corrected chi connectivity index (χ3v) is 4.53. The second-order valence-electron chi connectivity index (χ2n) is 5.23. The number of hydroxylamine groups is 2. The quantitative estimate of drug-likeness (QED) is 0.801. The van der Waals surface area contributed by atoms with Gasteiger partial charge in [-0.15, -0.1) is 9.35 Å². The largest absolute Gasteiger partial charge is 0.478 e. The van der Waals surface area contributed by atoms with Crippen molar-refractivity contribution >= 4 is 27.9 Å². The first kappa shape index (κ1) is 16.8. The summed E-state index contributed by atoms with van der Waals surface area (Å²) in [5.41, 5.74) is -0.120. The molecule has 2 amide bonds. The van der Waals surface area contributed by atoms with E-state index in [2.05, 4.69) is 4.28 Å². The highest BCUT2D eigenvalue weighted by Gasteiger charge is 2.40. The first-order valence-electron chi connectivity index (χ1n) is 7.01. The van der Waals surface area contributed by atoms with Crippen LogP contribution in [0.5, 0.6) is 0 Å². The Morgan fingerprint density at radius 3 is 2.28 bits per heavy atom. The predicted molar refractivity (Wildman–Crippen MR) is 84.1 cm³/mol. The molecule has 2 aromatic rings. The van der Waals surface area contributed by atoms with Crippen molar-refractivity contribution in [1.82, 2.24) is 5.06 Å². The minimum atomic E-state index is -4.26. The maximum absolute atomic E-state index is 12.2. The number of hydrogen-bond donors (Lipinski definition) is 1. The Balaban J connectivity index is 1.85. The van der Waals surface area contributed by atoms with E-state index >= 15 is 0 Å². The third-order valence-electron chi connectivity index (χ3n) is 3.47. The molecule has 1 N–H and O–H groups in total. The van der Waals surface area contributed by atoms with Gasteiger partial charge in [0.05, 0.1) is 16.7 Å². The van der Waals surface area contributed by atoms with E-state index in [1.807, 2.05) is 0 Å². The van der Waals surface area contributed by atoms with E-state index < -0.39 is 33.7 Å². The molecule has 3 rings (SSSR count). The maximum Gasteiger partial charge on any atom is 0.335 e. The molecule has 9 heteroatoms. The van der Waals surface area contributed by atoms with E-state index in [9.17, 15) is 22.8 Å². The highest BCUT2D eigenvalue weighted by atomic mass is 32.2. The van der Waals surface area contributed by atoms with E-state index in [1.165, 1.54) is 0 Å². The Labute approximate surface area is 142 Å². The van der Waals surface area contributed by atoms with E-state index in [0.717, 1.165) is 18.2 Å². The van der Waals surface area contributed by atoms with Crippen molar-refractivity contribution < 1.29 is 32.2 Å². The van der Waals surface area contributed by atoms with E-state index in [0.29, 0.717) is 5.56 Å². The number of amides is 2. The van der Waals surface area contributed by atoms with E-state index in [1.54, 1.807) is 30.3 Å². The summed E-state index contributed by atoms with van der Waals surface area (Å²) >= 11 is 0. The van der Waals surface area contributed by atoms with Crippen molar-refractivity contribution in [2.45, 2.75) is 5.75 Å². The molecule has 0 saturated carbocycles. The molecular weight excluding hydrogens is 350 g/mol. The van der Waals surface area contributed by atoms with Gasteiger partial charge in [-0.1, -0.05) is 30.3 Å². The monoisotopic (exact) mass is 361 g/mol. The van der Waals surface area contributed by atoms with Crippen LogP contribution in [0.4, 0.5) is 0 Å². The SMILES string of the molecule is O=C(O)c1ccc2c(c1)C(=O)N(OS(=O)(=O)Cc1ccccc1)C2=O. The molecule has 0 aromatic heterocycles. The fourth-order valence-corrected chi connectivity index (χ4v) is 3.35. The number of fused-ring (bicyclic) bond motifs is 1. The number of nitrogens with zero attached hydrogens (tertiary/aromatic N) is 1. The molecule has 2 aromatic carbocycles. The molecule has 0 unspecified atom stereocenters. The van der Waals surface area contributed by atoms with Gasteiger partial charge in [0.15, 0.2) is 0 Å². The van der Waals surface area contributed by atoms with Gasteiger partial charge in [0.2, 0.25) is 0 Å². The lowest BCUT2D eigenvalue weighted by molar-refractivity contribution is -0.0105. The lowest BCUT2D eigenvalue weighted by Gasteiger charge is -2.12. The van der Waals surface area contributed by atoms with E-state index in [-0.39, 0.29) is 21.8 Å². The van der Waals surface area contributed by atoms with Crippen LogP contribution in [0.1, 0.15) is 36.6 Å². The number of aromatic carboxylic acids is 1. The third kappa shape index (κ3) is 3.28. The van der Waals surface area contributed by atoms with Crippen molar-refractivity contribution in [1.29, 1.82) is 0 Å². The first-order valence-corrected chi connectivity index (χ1v) is 8.58. The van der Waals surface area contributed by atoms with Crippen LogP contribution in [-0.4, -0.2) is 36.4 Å². The standard InChI is InChI=1S/C16H11NO7S/c18-14-12-7-6-11(16(20)21)8-13(12)15(19)17(14)24-25(22,23)9-10-4-2-1-3-5-10/h1-8H,9H2,(H,20,21). The molecule has 25 heavy (non-hydrogen) atoms. The lowest BCUT2D eigenvalue weighted by Crippen LogP contribution is -2.33. The predicted octanol–water partition coefficient (Wildman–Crippen LogP) is 1.44. The summed E-state index contributed by atoms with van der Waals surface area (Å²) in [5.74, 6) is -3.80. The molecular formula is C16H11NO7S. The molecule has 1 aliphatic heterocycles. The van der Waals surface area contributed by atoms with Crippen molar-refractivity contribution in [2.75, 3.05) is 0 Å². The van der Waals surface area contributed by atoms with E-state index in [4.69, 9.17) is 5.11 Å². The number of carboxylic acids is 1. The molecule has 1 heterocycles. The van der Waals surface area contributed by atoms with Crippen LogP contribution in [0.2, 0.25) is 0 Å². The Morgan fingerprint density at radius 1 is 1.00 bits per heavy atom. The van der Waals surface area contributed by atoms with Gasteiger partial charge >= 0.3 is 5.97 Å². The molecule has 8 nitrogen and oxygen atoms in total. The van der Waals surface area contributed by atoms with Crippen molar-refractivity contribution in [3.8, 4) is 0 Å². The maximum atomic E-state index is 12.2. The summed E-state index contributed by atoms with van der Waals surface area (Å²) < 4.78 is 28.9. The summed E-state index contributed by atoms with van der Waals surface area (Å²) in [4.78, 5) is 35.4. The summed E-state index contributed by atoms with van der Waals surface area (Å²) in [6, 6.07) is 11.4. The van der Waals surface area contributed by atoms with Gasteiger partial charge in [0.1, 0.15) is 5.75 Å².